The van der Waals surface area contributed by atoms with E-state index in [9.17, 15) is 74.4 Å². The summed E-state index contributed by atoms with van der Waals surface area (Å²) in [6.45, 7) is 64.8. The molecule has 0 saturated carbocycles. The van der Waals surface area contributed by atoms with Crippen molar-refractivity contribution in [3.05, 3.63) is 84.2 Å². The second-order valence-electron chi connectivity index (χ2n) is 25.5. The summed E-state index contributed by atoms with van der Waals surface area (Å²) in [5.41, 5.74) is 1.28. The lowest BCUT2D eigenvalue weighted by Crippen LogP contribution is -2.37. The van der Waals surface area contributed by atoms with E-state index in [-0.39, 0.29) is 232 Å². The number of ketones is 2. The Morgan fingerprint density at radius 1 is 0.518 bits per heavy atom. The zero-order valence-electron chi connectivity index (χ0n) is 64.9. The minimum atomic E-state index is -3.45. The Labute approximate surface area is 686 Å². The van der Waals surface area contributed by atoms with Gasteiger partial charge >= 0.3 is 11.9 Å². The van der Waals surface area contributed by atoms with E-state index in [0.29, 0.717) is 42.8 Å². The van der Waals surface area contributed by atoms with Crippen LogP contribution in [0.5, 0.6) is 0 Å². The van der Waals surface area contributed by atoms with Crippen LogP contribution in [-0.2, 0) is 101 Å². The molecular weight excluding hydrogens is 1480 g/mol. The zero-order valence-corrected chi connectivity index (χ0v) is 66.5. The monoisotopic (exact) mass is 1650 g/mol. The van der Waals surface area contributed by atoms with Gasteiger partial charge in [0.2, 0.25) is 21.8 Å². The number of imide groups is 3. The molecule has 0 radical (unpaired) electrons. The quantitative estimate of drug-likeness (QED) is 0.0316. The van der Waals surface area contributed by atoms with E-state index in [1.54, 1.807) is 69.2 Å². The number of rotatable bonds is 21. The summed E-state index contributed by atoms with van der Waals surface area (Å²) in [7, 11) is -6.66. The maximum absolute atomic E-state index is 11.4. The third kappa shape index (κ3) is 74.0. The number of carbonyl (C=O) groups excluding carboxylic acids is 12. The van der Waals surface area contributed by atoms with E-state index in [0.717, 1.165) is 16.9 Å². The number of esters is 2. The van der Waals surface area contributed by atoms with Gasteiger partial charge in [0, 0.05) is 107 Å². The molecule has 5 aliphatic heterocycles. The minimum Gasteiger partial charge on any atom is -0.463 e. The predicted molar refractivity (Wildman–Crippen MR) is 470 cm³/mol. The second kappa shape index (κ2) is 76.2. The maximum atomic E-state index is 11.4. The average molecular weight is 1650 g/mol. The lowest BCUT2D eigenvalue weighted by Gasteiger charge is -2.18. The topological polar surface area (TPSA) is 372 Å². The molecule has 112 heavy (non-hydrogen) atoms. The highest BCUT2D eigenvalue weighted by atomic mass is 32.2. The van der Waals surface area contributed by atoms with Crippen LogP contribution in [0, 0.1) is 11.8 Å². The van der Waals surface area contributed by atoms with Gasteiger partial charge in [-0.3, -0.25) is 71.6 Å². The van der Waals surface area contributed by atoms with Gasteiger partial charge in [0.25, 0.3) is 45.6 Å². The first-order valence-electron chi connectivity index (χ1n) is 33.0. The molecule has 8 amide bonds. The number of Topliss-reactive ketones (excluding diaryl/α,β-unsaturated/α-hetero) is 2. The third-order valence-corrected chi connectivity index (χ3v) is 14.0. The smallest absolute Gasteiger partial charge is 0.330 e. The third-order valence-electron chi connectivity index (χ3n) is 11.7. The molecule has 29 heteroatoms. The van der Waals surface area contributed by atoms with E-state index in [1.807, 2.05) is 125 Å². The normalized spacial score (nSPS) is 14.4. The molecule has 0 aromatic rings. The Morgan fingerprint density at radius 3 is 1.02 bits per heavy atom. The number of hydrogen-bond acceptors (Lipinski definition) is 21. The van der Waals surface area contributed by atoms with E-state index >= 15 is 0 Å². The summed E-state index contributed by atoms with van der Waals surface area (Å²) >= 11 is 0. The Hall–Kier alpha value is -7.44. The number of ether oxygens (including phenoxy) is 4. The summed E-state index contributed by atoms with van der Waals surface area (Å²) < 4.78 is 68.0. The molecule has 670 valence electrons. The summed E-state index contributed by atoms with van der Waals surface area (Å²) in [6, 6.07) is 0.312. The zero-order chi connectivity index (χ0) is 80.3. The first kappa shape index (κ1) is 150. The lowest BCUT2D eigenvalue weighted by molar-refractivity contribution is -0.147. The summed E-state index contributed by atoms with van der Waals surface area (Å²) in [4.78, 5) is 134. The number of sulfonamides is 1. The van der Waals surface area contributed by atoms with Gasteiger partial charge in [0.05, 0.1) is 36.9 Å². The fourth-order valence-corrected chi connectivity index (χ4v) is 8.15. The maximum Gasteiger partial charge on any atom is 0.330 e. The van der Waals surface area contributed by atoms with Crippen molar-refractivity contribution < 1.29 is 97.5 Å². The van der Waals surface area contributed by atoms with Crippen LogP contribution in [0.4, 0.5) is 0 Å². The SMILES string of the molecule is C.C.C.C.C.C.C.C.C.C.C.C.C=CC(=O)NC(C)C.C=CC(=O)OC(C)C.C=CS(=O)(=O)NC(C)C.C=CS(=O)(=O)OC(C)C.CC(C)C(=O)C1(C)CO1.CC(C)C(=O)C1CO1.CC(C)N1C(=O)C=CC1=O.CC1=C(C)C(=O)N(C(C)C)C1=O.CC1=CC(=O)N(C(C)C)C1=O.CCC(=O)NC(C)C.CCC(=O)OC(C)C. The first-order chi connectivity index (χ1) is 45.5. The van der Waals surface area contributed by atoms with Gasteiger partial charge in [0.1, 0.15) is 11.7 Å². The highest BCUT2D eigenvalue weighted by molar-refractivity contribution is 7.92. The van der Waals surface area contributed by atoms with Crippen LogP contribution < -0.4 is 15.4 Å². The molecule has 2 unspecified atom stereocenters. The van der Waals surface area contributed by atoms with Crippen molar-refractivity contribution in [2.24, 2.45) is 11.8 Å². The van der Waals surface area contributed by atoms with E-state index in [2.05, 4.69) is 50.6 Å². The van der Waals surface area contributed by atoms with Crippen LogP contribution in [0.3, 0.4) is 0 Å². The fourth-order valence-electron chi connectivity index (χ4n) is 6.78. The fraction of sp³-hybridized carbons (Fsp3) is 0.687. The van der Waals surface area contributed by atoms with Crippen LogP contribution >= 0.6 is 0 Å². The molecule has 2 fully saturated rings. The van der Waals surface area contributed by atoms with Gasteiger partial charge in [-0.1, -0.05) is 157 Å². The molecule has 0 spiro atoms. The number of amides is 8. The highest BCUT2D eigenvalue weighted by Crippen LogP contribution is 2.29. The van der Waals surface area contributed by atoms with Crippen molar-refractivity contribution in [3.63, 3.8) is 0 Å². The van der Waals surface area contributed by atoms with Crippen molar-refractivity contribution in [1.82, 2.24) is 30.1 Å². The highest BCUT2D eigenvalue weighted by Gasteiger charge is 2.47. The molecule has 2 saturated heterocycles. The summed E-state index contributed by atoms with van der Waals surface area (Å²) in [5, 5.41) is 7.07. The van der Waals surface area contributed by atoms with Crippen molar-refractivity contribution in [1.29, 1.82) is 0 Å². The number of nitrogens with one attached hydrogen (secondary N) is 3. The molecule has 0 aliphatic carbocycles. The first-order valence-corrected chi connectivity index (χ1v) is 36.0. The lowest BCUT2D eigenvalue weighted by atomic mass is 9.98. The van der Waals surface area contributed by atoms with Crippen molar-refractivity contribution >= 4 is 90.9 Å². The molecule has 5 aliphatic rings. The second-order valence-corrected chi connectivity index (χ2v) is 28.6. The van der Waals surface area contributed by atoms with Crippen molar-refractivity contribution in [3.8, 4) is 0 Å². The number of epoxide rings is 2. The van der Waals surface area contributed by atoms with Gasteiger partial charge in [-0.2, -0.15) is 8.42 Å². The largest absolute Gasteiger partial charge is 0.463 e. The predicted octanol–water partition coefficient (Wildman–Crippen LogP) is 16.8. The van der Waals surface area contributed by atoms with E-state index in [1.165, 1.54) is 39.0 Å². The molecule has 0 bridgehead atoms. The summed E-state index contributed by atoms with van der Waals surface area (Å²) in [6.07, 6.45) is 7.06. The van der Waals surface area contributed by atoms with E-state index < -0.39 is 25.7 Å². The Bertz CT molecular complexity index is 2900. The van der Waals surface area contributed by atoms with Crippen LogP contribution in [-0.4, -0.2) is 182 Å². The number of nitrogens with zero attached hydrogens (tertiary/aromatic N) is 3. The van der Waals surface area contributed by atoms with Gasteiger partial charge < -0.3 is 29.6 Å². The van der Waals surface area contributed by atoms with Gasteiger partial charge in [-0.25, -0.2) is 17.9 Å². The van der Waals surface area contributed by atoms with Crippen molar-refractivity contribution in [2.45, 2.75) is 362 Å². The van der Waals surface area contributed by atoms with Crippen LogP contribution in [0.25, 0.3) is 0 Å². The van der Waals surface area contributed by atoms with Crippen LogP contribution in [0.2, 0.25) is 0 Å². The molecular formula is C83H170N6O21S2. The molecule has 5 rings (SSSR count). The molecule has 0 aromatic carbocycles. The molecule has 3 N–H and O–H groups in total. The number of carbonyl (C=O) groups is 12. The van der Waals surface area contributed by atoms with Crippen molar-refractivity contribution in [2.75, 3.05) is 13.2 Å². The molecule has 5 heterocycles. The Balaban J connectivity index is -0.0000000538. The van der Waals surface area contributed by atoms with Crippen LogP contribution in [0.1, 0.15) is 296 Å². The molecule has 0 aromatic heterocycles. The van der Waals surface area contributed by atoms with Gasteiger partial charge in [-0.15, -0.1) is 0 Å². The van der Waals surface area contributed by atoms with Gasteiger partial charge in [0.15, 0.2) is 11.6 Å². The minimum absolute atomic E-state index is 0. The standard InChI is InChI=1S/C9H13NO2.C8H11NO2.C7H9NO2.C7H12O2.C6H13NO.C6H11NO.C6H10O2.C6H12O2.C6H10O2.C5H11NO2S.C5H10O3S.12CH4/c1-5(2)10-8(11)6(3)7(4)9(10)12;1-5(2)9-7(10)4-6(3)8(9)11;1-5(2)8-6(9)3-4-7(8)10;1-5(2)6(8)7(3)4-9-7;2*1-4-6(8)7-5(2)3;1-4(2)6(7)5-3-8-5;2*1-4-6(7)8-5(2)3;1-4-9(7,8)6-5(2)3;1-4-9(6,7)8-5(2)3;;;;;;;;;;;;/h5H,1-4H3;4-5H,1-3H3;3-5H,1-2H3;5H,4H2,1-3H3;5H,4H2,1-3H3,(H,7,8);4-5H,1H2,2-3H3,(H,7,8);4-5H,3H2,1-2H3;5H,4H2,1-3H3;4-5H,1H2,2-3H3;4-6H,1H2,2-3H3;4-5H,1H2,2-3H3;12*1H4. The van der Waals surface area contributed by atoms with Gasteiger partial charge in [-0.05, 0) is 158 Å². The Kier molecular flexibility index (Phi) is 102. The Morgan fingerprint density at radius 2 is 0.893 bits per heavy atom. The molecule has 27 nitrogen and oxygen atoms in total. The number of hydrogen-bond donors (Lipinski definition) is 3. The van der Waals surface area contributed by atoms with Crippen LogP contribution in [0.15, 0.2) is 84.2 Å². The average Bonchev–Trinajstić information content (AvgIpc) is 1.66. The summed E-state index contributed by atoms with van der Waals surface area (Å²) in [5.74, 6) is -0.819. The molecule has 2 atom stereocenters. The van der Waals surface area contributed by atoms with E-state index in [4.69, 9.17) is 14.2 Å².